The summed E-state index contributed by atoms with van der Waals surface area (Å²) < 4.78 is 0. The Balaban J connectivity index is 3.27. The van der Waals surface area contributed by atoms with E-state index in [-0.39, 0.29) is 0 Å². The molecule has 9 heavy (non-hydrogen) atoms. The lowest BCUT2D eigenvalue weighted by Crippen LogP contribution is -2.65. The predicted molar refractivity (Wildman–Crippen MR) is 37.3 cm³/mol. The van der Waals surface area contributed by atoms with Crippen molar-refractivity contribution in [3.63, 3.8) is 0 Å². The number of carboxylic acids is 1. The molecule has 0 aliphatic rings. The Morgan fingerprint density at radius 3 is 2.78 bits per heavy atom. The first kappa shape index (κ1) is 8.78. The Labute approximate surface area is 58.6 Å². The first-order valence-corrected chi connectivity index (χ1v) is 4.12. The van der Waals surface area contributed by atoms with Crippen LogP contribution in [0.1, 0.15) is 6.42 Å². The topological polar surface area (TPSA) is 64.9 Å². The minimum Gasteiger partial charge on any atom is -0.477 e. The Morgan fingerprint density at radius 1 is 1.89 bits per heavy atom. The molecule has 0 heterocycles. The molecular weight excluding hydrogens is 138 g/mol. The van der Waals surface area contributed by atoms with Crippen LogP contribution in [0.5, 0.6) is 0 Å². The highest BCUT2D eigenvalue weighted by Crippen LogP contribution is 1.96. The number of thioether (sulfide) groups is 1. The third-order valence-corrected chi connectivity index (χ3v) is 1.66. The van der Waals surface area contributed by atoms with Crippen molar-refractivity contribution in [2.24, 2.45) is 0 Å². The van der Waals surface area contributed by atoms with Crippen molar-refractivity contribution >= 4 is 17.7 Å². The zero-order valence-electron chi connectivity index (χ0n) is 5.46. The van der Waals surface area contributed by atoms with Crippen LogP contribution in [0.15, 0.2) is 0 Å². The van der Waals surface area contributed by atoms with Crippen LogP contribution in [0.25, 0.3) is 0 Å². The highest BCUT2D eigenvalue weighted by Gasteiger charge is 2.13. The highest BCUT2D eigenvalue weighted by atomic mass is 32.2. The van der Waals surface area contributed by atoms with Gasteiger partial charge in [-0.15, -0.1) is 0 Å². The molecule has 4 heteroatoms. The number of aliphatic carboxylic acids is 1. The monoisotopic (exact) mass is 150 g/mol. The van der Waals surface area contributed by atoms with Gasteiger partial charge < -0.3 is 10.8 Å². The molecule has 4 N–H and O–H groups in total. The summed E-state index contributed by atoms with van der Waals surface area (Å²) >= 11 is 1.64. The molecule has 0 saturated heterocycles. The number of hydrogen-bond donors (Lipinski definition) is 2. The van der Waals surface area contributed by atoms with Crippen LogP contribution in [-0.4, -0.2) is 29.1 Å². The van der Waals surface area contributed by atoms with E-state index < -0.39 is 12.0 Å². The summed E-state index contributed by atoms with van der Waals surface area (Å²) in [4.78, 5) is 10.1. The highest BCUT2D eigenvalue weighted by molar-refractivity contribution is 7.98. The lowest BCUT2D eigenvalue weighted by Gasteiger charge is -1.98. The smallest absolute Gasteiger partial charge is 0.362 e. The maximum Gasteiger partial charge on any atom is 0.362 e. The van der Waals surface area contributed by atoms with Crippen molar-refractivity contribution in [2.45, 2.75) is 12.5 Å². The van der Waals surface area contributed by atoms with E-state index in [1.165, 1.54) is 0 Å². The fraction of sp³-hybridized carbons (Fsp3) is 0.800. The second kappa shape index (κ2) is 4.64. The molecule has 0 radical (unpaired) electrons. The molecule has 0 amide bonds. The number of carboxylic acid groups (broad SMARTS) is 1. The SMILES string of the molecule is CSCC[C@H]([NH3+])C(=O)O. The third kappa shape index (κ3) is 4.29. The summed E-state index contributed by atoms with van der Waals surface area (Å²) in [5, 5.41) is 8.34. The summed E-state index contributed by atoms with van der Waals surface area (Å²) in [6, 6.07) is -0.433. The standard InChI is InChI=1S/C5H11NO2S/c1-9-3-2-4(6)5(7)8/h4H,2-3,6H2,1H3,(H,7,8)/p+1/t4-/m0/s1. The number of carbonyl (C=O) groups is 1. The molecule has 0 saturated carbocycles. The van der Waals surface area contributed by atoms with Gasteiger partial charge >= 0.3 is 5.97 Å². The molecule has 0 bridgehead atoms. The van der Waals surface area contributed by atoms with Gasteiger partial charge in [0.05, 0.1) is 0 Å². The van der Waals surface area contributed by atoms with Crippen molar-refractivity contribution < 1.29 is 15.6 Å². The summed E-state index contributed by atoms with van der Waals surface area (Å²) in [5.41, 5.74) is 3.46. The van der Waals surface area contributed by atoms with Crippen molar-refractivity contribution in [2.75, 3.05) is 12.0 Å². The van der Waals surface area contributed by atoms with Crippen molar-refractivity contribution in [1.82, 2.24) is 0 Å². The van der Waals surface area contributed by atoms with E-state index in [1.807, 2.05) is 6.26 Å². The number of rotatable bonds is 4. The van der Waals surface area contributed by atoms with E-state index in [0.29, 0.717) is 6.42 Å². The van der Waals surface area contributed by atoms with Gasteiger partial charge in [-0.25, -0.2) is 4.79 Å². The largest absolute Gasteiger partial charge is 0.477 e. The van der Waals surface area contributed by atoms with Gasteiger partial charge in [-0.1, -0.05) is 0 Å². The normalized spacial score (nSPS) is 13.1. The number of hydrogen-bond acceptors (Lipinski definition) is 2. The van der Waals surface area contributed by atoms with Crippen molar-refractivity contribution in [1.29, 1.82) is 0 Å². The quantitative estimate of drug-likeness (QED) is 0.564. The molecule has 0 aromatic carbocycles. The van der Waals surface area contributed by atoms with Crippen LogP contribution < -0.4 is 5.73 Å². The van der Waals surface area contributed by atoms with Gasteiger partial charge in [0.15, 0.2) is 6.04 Å². The van der Waals surface area contributed by atoms with Crippen LogP contribution >= 0.6 is 11.8 Å². The van der Waals surface area contributed by atoms with Crippen molar-refractivity contribution in [3.8, 4) is 0 Å². The molecule has 1 atom stereocenters. The average molecular weight is 150 g/mol. The van der Waals surface area contributed by atoms with Gasteiger partial charge in [0, 0.05) is 6.42 Å². The lowest BCUT2D eigenvalue weighted by atomic mass is 10.2. The Kier molecular flexibility index (Phi) is 4.53. The van der Waals surface area contributed by atoms with E-state index in [4.69, 9.17) is 5.11 Å². The summed E-state index contributed by atoms with van der Waals surface area (Å²) in [6.07, 6.45) is 2.62. The molecular formula is C5H12NO2S+. The molecule has 54 valence electrons. The first-order chi connectivity index (χ1) is 4.18. The van der Waals surface area contributed by atoms with Crippen molar-refractivity contribution in [3.05, 3.63) is 0 Å². The minimum atomic E-state index is -0.802. The van der Waals surface area contributed by atoms with Crippen LogP contribution in [0.2, 0.25) is 0 Å². The number of quaternary nitrogens is 1. The Hall–Kier alpha value is -0.220. The lowest BCUT2D eigenvalue weighted by molar-refractivity contribution is -0.407. The van der Waals surface area contributed by atoms with E-state index >= 15 is 0 Å². The van der Waals surface area contributed by atoms with Crippen LogP contribution in [0.4, 0.5) is 0 Å². The summed E-state index contributed by atoms with van der Waals surface area (Å²) in [7, 11) is 0. The average Bonchev–Trinajstić information content (AvgIpc) is 1.82. The molecule has 3 nitrogen and oxygen atoms in total. The summed E-state index contributed by atoms with van der Waals surface area (Å²) in [5.74, 6) is 0.0737. The van der Waals surface area contributed by atoms with Crippen LogP contribution in [0.3, 0.4) is 0 Å². The second-order valence-corrected chi connectivity index (χ2v) is 2.80. The van der Waals surface area contributed by atoms with E-state index in [2.05, 4.69) is 5.73 Å². The van der Waals surface area contributed by atoms with E-state index in [0.717, 1.165) is 5.75 Å². The fourth-order valence-corrected chi connectivity index (χ4v) is 0.904. The molecule has 0 spiro atoms. The minimum absolute atomic E-state index is 0.433. The van der Waals surface area contributed by atoms with E-state index in [1.54, 1.807) is 11.8 Å². The van der Waals surface area contributed by atoms with Gasteiger partial charge in [0.25, 0.3) is 0 Å². The van der Waals surface area contributed by atoms with Crippen LogP contribution in [-0.2, 0) is 4.79 Å². The van der Waals surface area contributed by atoms with E-state index in [9.17, 15) is 4.79 Å². The maximum atomic E-state index is 10.1. The molecule has 0 rings (SSSR count). The molecule has 0 aromatic rings. The molecule has 0 unspecified atom stereocenters. The second-order valence-electron chi connectivity index (χ2n) is 1.82. The molecule has 0 aliphatic heterocycles. The Morgan fingerprint density at radius 2 is 2.44 bits per heavy atom. The molecule has 0 aliphatic carbocycles. The zero-order valence-corrected chi connectivity index (χ0v) is 6.28. The van der Waals surface area contributed by atoms with Gasteiger partial charge in [0.1, 0.15) is 0 Å². The van der Waals surface area contributed by atoms with Gasteiger partial charge in [-0.3, -0.25) is 0 Å². The molecule has 0 aromatic heterocycles. The van der Waals surface area contributed by atoms with Gasteiger partial charge in [-0.2, -0.15) is 11.8 Å². The first-order valence-electron chi connectivity index (χ1n) is 2.73. The fourth-order valence-electron chi connectivity index (χ4n) is 0.384. The molecule has 0 fully saturated rings. The third-order valence-electron chi connectivity index (χ3n) is 1.02. The summed E-state index contributed by atoms with van der Waals surface area (Å²) in [6.45, 7) is 0. The Bertz CT molecular complexity index is 97.0. The van der Waals surface area contributed by atoms with Gasteiger partial charge in [-0.05, 0) is 12.0 Å². The predicted octanol–water partition coefficient (Wildman–Crippen LogP) is -0.565. The van der Waals surface area contributed by atoms with Gasteiger partial charge in [0.2, 0.25) is 0 Å². The zero-order chi connectivity index (χ0) is 7.28. The van der Waals surface area contributed by atoms with Crippen LogP contribution in [0, 0.1) is 0 Å². The maximum absolute atomic E-state index is 10.1.